The number of benzene rings is 2. The van der Waals surface area contributed by atoms with Crippen molar-refractivity contribution in [3.8, 4) is 0 Å². The van der Waals surface area contributed by atoms with E-state index in [0.717, 1.165) is 5.56 Å². The largest absolute Gasteiger partial charge is 0.458 e. The quantitative estimate of drug-likeness (QED) is 0.188. The number of amides is 3. The van der Waals surface area contributed by atoms with Gasteiger partial charge in [-0.05, 0) is 71.9 Å². The fraction of sp³-hybridized carbons (Fsp3) is 0.484. The van der Waals surface area contributed by atoms with E-state index in [2.05, 4.69) is 5.32 Å². The number of hydrogen-bond donors (Lipinski definition) is 1. The van der Waals surface area contributed by atoms with Crippen molar-refractivity contribution in [2.75, 3.05) is 6.54 Å². The Morgan fingerprint density at radius 1 is 0.707 bits per heavy atom. The molecule has 0 bridgehead atoms. The highest BCUT2D eigenvalue weighted by Gasteiger charge is 2.40. The summed E-state index contributed by atoms with van der Waals surface area (Å²) >= 11 is 0. The highest BCUT2D eigenvalue weighted by molar-refractivity contribution is 5.94. The molecule has 10 nitrogen and oxygen atoms in total. The molecule has 0 saturated heterocycles. The van der Waals surface area contributed by atoms with E-state index >= 15 is 0 Å². The predicted octanol–water partition coefficient (Wildman–Crippen LogP) is 6.37. The fourth-order valence-electron chi connectivity index (χ4n) is 3.58. The van der Waals surface area contributed by atoms with Crippen LogP contribution in [0.15, 0.2) is 60.7 Å². The maximum Gasteiger partial charge on any atom is 0.420 e. The Hall–Kier alpha value is -4.08. The Balaban J connectivity index is 2.08. The Kier molecular flexibility index (Phi) is 12.6. The third-order valence-electron chi connectivity index (χ3n) is 5.37. The molecule has 10 heteroatoms. The van der Waals surface area contributed by atoms with Crippen LogP contribution in [0.5, 0.6) is 0 Å². The van der Waals surface area contributed by atoms with Gasteiger partial charge in [0.25, 0.3) is 0 Å². The van der Waals surface area contributed by atoms with Crippen LogP contribution in [-0.2, 0) is 37.0 Å². The molecule has 0 heterocycles. The lowest BCUT2D eigenvalue weighted by Gasteiger charge is -2.32. The lowest BCUT2D eigenvalue weighted by molar-refractivity contribution is -0.161. The van der Waals surface area contributed by atoms with Gasteiger partial charge < -0.3 is 24.3 Å². The van der Waals surface area contributed by atoms with Gasteiger partial charge in [-0.2, -0.15) is 4.90 Å². The van der Waals surface area contributed by atoms with Crippen molar-refractivity contribution in [2.24, 2.45) is 0 Å². The molecular formula is C31H42N2O8. The van der Waals surface area contributed by atoms with E-state index in [1.807, 2.05) is 36.4 Å². The van der Waals surface area contributed by atoms with Crippen LogP contribution in [0.1, 0.15) is 71.9 Å². The highest BCUT2D eigenvalue weighted by atomic mass is 16.6. The standard InChI is InChI=1S/C31H42N2O8/c1-30(2,3)40-26(34)25(19-13-14-20-32-27(35)38-21-23-15-9-7-10-16-23)33(29(37)41-31(4,5)6)28(36)39-22-24-17-11-8-12-18-24/h7-12,15-18,25H,13-14,19-22H2,1-6H3,(H,32,35)/t25-/m0/s1. The van der Waals surface area contributed by atoms with E-state index in [4.69, 9.17) is 18.9 Å². The number of hydrogen-bond acceptors (Lipinski definition) is 8. The summed E-state index contributed by atoms with van der Waals surface area (Å²) in [6, 6.07) is 17.0. The lowest BCUT2D eigenvalue weighted by atomic mass is 10.1. The Labute approximate surface area is 242 Å². The zero-order chi connectivity index (χ0) is 30.5. The molecule has 0 unspecified atom stereocenters. The average molecular weight is 571 g/mol. The minimum Gasteiger partial charge on any atom is -0.458 e. The Bertz CT molecular complexity index is 1120. The van der Waals surface area contributed by atoms with Crippen molar-refractivity contribution in [1.29, 1.82) is 0 Å². The summed E-state index contributed by atoms with van der Waals surface area (Å²) in [5.41, 5.74) is -0.224. The summed E-state index contributed by atoms with van der Waals surface area (Å²) in [4.78, 5) is 52.5. The molecule has 0 aliphatic heterocycles. The Morgan fingerprint density at radius 3 is 1.73 bits per heavy atom. The molecule has 0 saturated carbocycles. The van der Waals surface area contributed by atoms with E-state index in [1.165, 1.54) is 0 Å². The average Bonchev–Trinajstić information content (AvgIpc) is 2.89. The van der Waals surface area contributed by atoms with Gasteiger partial charge in [-0.25, -0.2) is 19.2 Å². The number of esters is 1. The van der Waals surface area contributed by atoms with Crippen LogP contribution in [0.2, 0.25) is 0 Å². The molecule has 2 rings (SSSR count). The predicted molar refractivity (Wildman–Crippen MR) is 153 cm³/mol. The van der Waals surface area contributed by atoms with Crippen LogP contribution >= 0.6 is 0 Å². The second kappa shape index (κ2) is 15.6. The minimum atomic E-state index is -1.31. The van der Waals surface area contributed by atoms with E-state index in [9.17, 15) is 19.2 Å². The zero-order valence-electron chi connectivity index (χ0n) is 24.8. The number of carbonyl (C=O) groups excluding carboxylic acids is 4. The second-order valence-corrected chi connectivity index (χ2v) is 11.4. The molecule has 41 heavy (non-hydrogen) atoms. The normalized spacial score (nSPS) is 12.0. The SMILES string of the molecule is CC(C)(C)OC(=O)[C@H](CCCCNC(=O)OCc1ccccc1)N(C(=O)OCc1ccccc1)C(=O)OC(C)(C)C. The van der Waals surface area contributed by atoms with Crippen molar-refractivity contribution in [3.05, 3.63) is 71.8 Å². The van der Waals surface area contributed by atoms with Crippen LogP contribution in [0.25, 0.3) is 0 Å². The van der Waals surface area contributed by atoms with Crippen LogP contribution in [0.3, 0.4) is 0 Å². The van der Waals surface area contributed by atoms with Gasteiger partial charge >= 0.3 is 24.2 Å². The van der Waals surface area contributed by atoms with E-state index in [1.54, 1.807) is 65.8 Å². The van der Waals surface area contributed by atoms with Gasteiger partial charge in [0.2, 0.25) is 0 Å². The second-order valence-electron chi connectivity index (χ2n) is 11.4. The smallest absolute Gasteiger partial charge is 0.420 e. The van der Waals surface area contributed by atoms with Gasteiger partial charge in [0.1, 0.15) is 30.5 Å². The van der Waals surface area contributed by atoms with Crippen LogP contribution in [-0.4, -0.2) is 52.9 Å². The van der Waals surface area contributed by atoms with Gasteiger partial charge in [-0.1, -0.05) is 60.7 Å². The molecule has 0 radical (unpaired) electrons. The van der Waals surface area contributed by atoms with Gasteiger partial charge in [0, 0.05) is 6.54 Å². The van der Waals surface area contributed by atoms with Crippen LogP contribution < -0.4 is 5.32 Å². The number of nitrogens with zero attached hydrogens (tertiary/aromatic N) is 1. The first-order chi connectivity index (χ1) is 19.2. The molecule has 0 spiro atoms. The van der Waals surface area contributed by atoms with Crippen LogP contribution in [0, 0.1) is 0 Å². The first-order valence-electron chi connectivity index (χ1n) is 13.7. The molecular weight excluding hydrogens is 528 g/mol. The topological polar surface area (TPSA) is 120 Å². The lowest BCUT2D eigenvalue weighted by Crippen LogP contribution is -2.52. The van der Waals surface area contributed by atoms with Crippen molar-refractivity contribution < 1.29 is 38.1 Å². The summed E-state index contributed by atoms with van der Waals surface area (Å²) in [6.07, 6.45) is -1.74. The molecule has 1 atom stereocenters. The van der Waals surface area contributed by atoms with E-state index in [-0.39, 0.29) is 26.2 Å². The minimum absolute atomic E-state index is 0.0648. The molecule has 0 fully saturated rings. The first-order valence-corrected chi connectivity index (χ1v) is 13.7. The summed E-state index contributed by atoms with van der Waals surface area (Å²) < 4.78 is 21.6. The Morgan fingerprint density at radius 2 is 1.22 bits per heavy atom. The highest BCUT2D eigenvalue weighted by Crippen LogP contribution is 2.21. The van der Waals surface area contributed by atoms with Crippen molar-refractivity contribution in [2.45, 2.75) is 91.3 Å². The number of ether oxygens (including phenoxy) is 4. The number of rotatable bonds is 11. The number of alkyl carbamates (subject to hydrolysis) is 1. The van der Waals surface area contributed by atoms with Crippen molar-refractivity contribution in [3.63, 3.8) is 0 Å². The number of imide groups is 1. The molecule has 2 aromatic rings. The molecule has 224 valence electrons. The van der Waals surface area contributed by atoms with E-state index in [0.29, 0.717) is 23.3 Å². The van der Waals surface area contributed by atoms with Gasteiger partial charge in [0.05, 0.1) is 0 Å². The maximum atomic E-state index is 13.3. The molecule has 0 aliphatic rings. The summed E-state index contributed by atoms with van der Waals surface area (Å²) in [5, 5.41) is 2.66. The third kappa shape index (κ3) is 13.2. The fourth-order valence-corrected chi connectivity index (χ4v) is 3.58. The van der Waals surface area contributed by atoms with Gasteiger partial charge in [0.15, 0.2) is 0 Å². The molecule has 3 amide bonds. The van der Waals surface area contributed by atoms with Gasteiger partial charge in [-0.15, -0.1) is 0 Å². The summed E-state index contributed by atoms with van der Waals surface area (Å²) in [5.74, 6) is -0.768. The molecule has 2 aromatic carbocycles. The molecule has 1 N–H and O–H groups in total. The van der Waals surface area contributed by atoms with Crippen molar-refractivity contribution in [1.82, 2.24) is 10.2 Å². The third-order valence-corrected chi connectivity index (χ3v) is 5.37. The van der Waals surface area contributed by atoms with Crippen LogP contribution in [0.4, 0.5) is 14.4 Å². The molecule has 0 aromatic heterocycles. The number of carbonyl (C=O) groups is 4. The van der Waals surface area contributed by atoms with Gasteiger partial charge in [-0.3, -0.25) is 0 Å². The van der Waals surface area contributed by atoms with Crippen molar-refractivity contribution >= 4 is 24.2 Å². The zero-order valence-corrected chi connectivity index (χ0v) is 24.8. The molecule has 0 aliphatic carbocycles. The number of nitrogens with one attached hydrogen (secondary N) is 1. The summed E-state index contributed by atoms with van der Waals surface area (Å²) in [6.45, 7) is 10.4. The summed E-state index contributed by atoms with van der Waals surface area (Å²) in [7, 11) is 0. The number of unbranched alkanes of at least 4 members (excludes halogenated alkanes) is 1. The van der Waals surface area contributed by atoms with E-state index < -0.39 is 41.5 Å². The maximum absolute atomic E-state index is 13.3. The first kappa shape index (κ1) is 33.1. The monoisotopic (exact) mass is 570 g/mol.